The van der Waals surface area contributed by atoms with Gasteiger partial charge in [0.05, 0.1) is 0 Å². The minimum atomic E-state index is -0.408. The van der Waals surface area contributed by atoms with Gasteiger partial charge in [0.15, 0.2) is 0 Å². The molecule has 17 heavy (non-hydrogen) atoms. The molecule has 0 aromatic rings. The number of rotatable bonds is 6. The molecule has 0 atom stereocenters. The average molecular weight is 238 g/mol. The first kappa shape index (κ1) is 16.4. The molecule has 0 aliphatic rings. The van der Waals surface area contributed by atoms with Crippen LogP contribution >= 0.6 is 0 Å². The van der Waals surface area contributed by atoms with Crippen LogP contribution in [0.15, 0.2) is 0 Å². The van der Waals surface area contributed by atoms with Gasteiger partial charge in [0.1, 0.15) is 0 Å². The Bertz CT molecular complexity index is 291. The third-order valence-electron chi connectivity index (χ3n) is 2.66. The van der Waals surface area contributed by atoms with Gasteiger partial charge in [-0.15, -0.1) is 0 Å². The molecule has 0 aromatic carbocycles. The summed E-state index contributed by atoms with van der Waals surface area (Å²) >= 11 is 0. The van der Waals surface area contributed by atoms with Gasteiger partial charge in [0.2, 0.25) is 0 Å². The monoisotopic (exact) mass is 238 g/mol. The van der Waals surface area contributed by atoms with Crippen LogP contribution in [0.4, 0.5) is 0 Å². The molecule has 0 aromatic heterocycles. The average Bonchev–Trinajstić information content (AvgIpc) is 1.96. The van der Waals surface area contributed by atoms with E-state index in [0.717, 1.165) is 6.42 Å². The molecule has 0 rings (SSSR count). The van der Waals surface area contributed by atoms with Gasteiger partial charge < -0.3 is 0 Å². The second-order valence-electron chi connectivity index (χ2n) is 6.26. The van der Waals surface area contributed by atoms with E-state index in [1.807, 2.05) is 13.8 Å². The van der Waals surface area contributed by atoms with Gasteiger partial charge in [-0.2, -0.15) is 0 Å². The summed E-state index contributed by atoms with van der Waals surface area (Å²) in [6.45, 7) is 16.5. The van der Waals surface area contributed by atoms with Crippen LogP contribution in [0.1, 0.15) is 67.7 Å². The molecule has 0 amide bonds. The Hall–Kier alpha value is -0.595. The molecule has 98 valence electrons. The van der Waals surface area contributed by atoms with Crippen molar-refractivity contribution < 1.29 is 9.53 Å². The Labute approximate surface area is 107 Å². The van der Waals surface area contributed by atoms with Gasteiger partial charge in [-0.05, 0) is 0 Å². The molecule has 0 radical (unpaired) electrons. The molecule has 0 saturated heterocycles. The number of hydrogen-bond acceptors (Lipinski definition) is 2. The minimum absolute atomic E-state index is 0.212. The van der Waals surface area contributed by atoms with Crippen LogP contribution in [0.5, 0.6) is 0 Å². The molecule has 0 heterocycles. The number of hydrogen-bond donors (Lipinski definition) is 0. The normalized spacial score (nSPS) is 13.2. The number of carbonyl (C=O) groups excluding carboxylic acids is 1. The zero-order chi connectivity index (χ0) is 13.7. The summed E-state index contributed by atoms with van der Waals surface area (Å²) in [7, 11) is 0. The van der Waals surface area contributed by atoms with E-state index < -0.39 is 5.60 Å². The van der Waals surface area contributed by atoms with Crippen LogP contribution in [0.25, 0.3) is 0 Å². The summed E-state index contributed by atoms with van der Waals surface area (Å²) < 4.78 is 5.30. The summed E-state index contributed by atoms with van der Waals surface area (Å²) in [4.78, 5) is 11.0. The third kappa shape index (κ3) is 8.17. The van der Waals surface area contributed by atoms with Crippen LogP contribution < -0.4 is 0 Å². The van der Waals surface area contributed by atoms with Crippen molar-refractivity contribution in [3.8, 4) is 0 Å². The van der Waals surface area contributed by atoms with E-state index in [9.17, 15) is 4.79 Å². The SMILES string of the molecule is CCCC(C)(C)B=C(C)CC(C)(C)OC(C)=O. The van der Waals surface area contributed by atoms with E-state index in [0.29, 0.717) is 0 Å². The standard InChI is InChI=1S/C14H27BO2/c1-8-9-13(4,5)15-11(2)10-14(6,7)17-12(3)16/h8-10H2,1-7H3. The van der Waals surface area contributed by atoms with Crippen LogP contribution in [-0.2, 0) is 9.53 Å². The van der Waals surface area contributed by atoms with Gasteiger partial charge in [-0.3, -0.25) is 0 Å². The van der Waals surface area contributed by atoms with E-state index in [1.165, 1.54) is 25.2 Å². The van der Waals surface area contributed by atoms with Gasteiger partial charge in [-0.25, -0.2) is 0 Å². The van der Waals surface area contributed by atoms with Crippen LogP contribution in [0, 0.1) is 0 Å². The molecule has 0 aliphatic carbocycles. The van der Waals surface area contributed by atoms with E-state index in [-0.39, 0.29) is 11.3 Å². The molecule has 0 spiro atoms. The molecule has 0 saturated carbocycles. The van der Waals surface area contributed by atoms with Crippen molar-refractivity contribution in [2.24, 2.45) is 0 Å². The van der Waals surface area contributed by atoms with Crippen molar-refractivity contribution in [1.82, 2.24) is 0 Å². The van der Waals surface area contributed by atoms with Gasteiger partial charge in [0.25, 0.3) is 0 Å². The number of ether oxygens (including phenoxy) is 1. The van der Waals surface area contributed by atoms with Crippen molar-refractivity contribution in [3.63, 3.8) is 0 Å². The molecule has 0 aliphatic heterocycles. The topological polar surface area (TPSA) is 26.3 Å². The fourth-order valence-electron chi connectivity index (χ4n) is 2.53. The fourth-order valence-corrected chi connectivity index (χ4v) is 2.53. The second kappa shape index (κ2) is 6.37. The van der Waals surface area contributed by atoms with Crippen molar-refractivity contribution in [2.75, 3.05) is 0 Å². The van der Waals surface area contributed by atoms with Gasteiger partial charge in [0, 0.05) is 0 Å². The van der Waals surface area contributed by atoms with E-state index >= 15 is 0 Å². The van der Waals surface area contributed by atoms with Crippen LogP contribution in [0.2, 0.25) is 5.31 Å². The molecule has 0 fully saturated rings. The predicted octanol–water partition coefficient (Wildman–Crippen LogP) is 3.61. The number of esters is 1. The molecule has 0 bridgehead atoms. The Morgan fingerprint density at radius 3 is 2.12 bits per heavy atom. The summed E-state index contributed by atoms with van der Waals surface area (Å²) in [5.41, 5.74) is 0.879. The molecule has 0 N–H and O–H groups in total. The maximum atomic E-state index is 11.0. The summed E-state index contributed by atoms with van der Waals surface area (Å²) in [5.74, 6) is -0.212. The Balaban J connectivity index is 4.57. The van der Waals surface area contributed by atoms with E-state index in [4.69, 9.17) is 4.74 Å². The Morgan fingerprint density at radius 1 is 1.18 bits per heavy atom. The third-order valence-corrected chi connectivity index (χ3v) is 2.66. The van der Waals surface area contributed by atoms with Crippen LogP contribution in [-0.4, -0.2) is 24.0 Å². The zero-order valence-corrected chi connectivity index (χ0v) is 12.5. The maximum absolute atomic E-state index is 11.0. The van der Waals surface area contributed by atoms with Crippen molar-refractivity contribution in [1.29, 1.82) is 0 Å². The van der Waals surface area contributed by atoms with Gasteiger partial charge >= 0.3 is 107 Å². The first-order valence-electron chi connectivity index (χ1n) is 6.46. The van der Waals surface area contributed by atoms with Crippen LogP contribution in [0.3, 0.4) is 0 Å². The molecular weight excluding hydrogens is 211 g/mol. The number of carbonyl (C=O) groups is 1. The van der Waals surface area contributed by atoms with E-state index in [1.54, 1.807) is 0 Å². The van der Waals surface area contributed by atoms with Crippen molar-refractivity contribution in [3.05, 3.63) is 0 Å². The fraction of sp³-hybridized carbons (Fsp3) is 0.857. The van der Waals surface area contributed by atoms with Gasteiger partial charge in [-0.1, -0.05) is 0 Å². The first-order valence-corrected chi connectivity index (χ1v) is 6.46. The molecular formula is C14H27BO2. The Kier molecular flexibility index (Phi) is 6.14. The predicted molar refractivity (Wildman–Crippen MR) is 75.8 cm³/mol. The first-order chi connectivity index (χ1) is 7.58. The zero-order valence-electron chi connectivity index (χ0n) is 12.5. The quantitative estimate of drug-likeness (QED) is 0.522. The second-order valence-corrected chi connectivity index (χ2v) is 6.26. The molecule has 0 unspecified atom stereocenters. The van der Waals surface area contributed by atoms with E-state index in [2.05, 4.69) is 34.6 Å². The summed E-state index contributed by atoms with van der Waals surface area (Å²) in [5, 5.41) is 0.227. The molecule has 2 nitrogen and oxygen atoms in total. The Morgan fingerprint density at radius 2 is 1.71 bits per heavy atom. The summed E-state index contributed by atoms with van der Waals surface area (Å²) in [6.07, 6.45) is 3.15. The van der Waals surface area contributed by atoms with Crippen molar-refractivity contribution >= 4 is 18.4 Å². The molecule has 3 heteroatoms. The summed E-state index contributed by atoms with van der Waals surface area (Å²) in [6, 6.07) is 0. The van der Waals surface area contributed by atoms with Crippen molar-refractivity contribution in [2.45, 2.75) is 78.6 Å².